The molecule has 0 aliphatic carbocycles. The lowest BCUT2D eigenvalue weighted by atomic mass is 10.0. The molecule has 0 atom stereocenters. The van der Waals surface area contributed by atoms with Crippen molar-refractivity contribution in [2.45, 2.75) is 20.3 Å². The summed E-state index contributed by atoms with van der Waals surface area (Å²) in [6.07, 6.45) is 3.91. The molecule has 0 bridgehead atoms. The van der Waals surface area contributed by atoms with Gasteiger partial charge in [-0.2, -0.15) is 10.2 Å². The van der Waals surface area contributed by atoms with Crippen LogP contribution in [0.3, 0.4) is 0 Å². The molecule has 2 aromatic rings. The van der Waals surface area contributed by atoms with Crippen LogP contribution in [-0.2, 0) is 6.42 Å². The Hall–Kier alpha value is -2.78. The maximum atomic E-state index is 9.10. The molecule has 22 heavy (non-hydrogen) atoms. The number of aliphatic imine (C=N–C) groups is 1. The van der Waals surface area contributed by atoms with E-state index in [1.807, 2.05) is 19.9 Å². The minimum Gasteiger partial charge on any atom is -0.396 e. The summed E-state index contributed by atoms with van der Waals surface area (Å²) in [5, 5.41) is 22.1. The minimum atomic E-state index is 0.0113. The van der Waals surface area contributed by atoms with Gasteiger partial charge in [-0.15, -0.1) is 0 Å². The Labute approximate surface area is 128 Å². The van der Waals surface area contributed by atoms with Gasteiger partial charge in [0.05, 0.1) is 11.6 Å². The molecule has 6 nitrogen and oxygen atoms in total. The fourth-order valence-corrected chi connectivity index (χ4v) is 2.00. The lowest BCUT2D eigenvalue weighted by Crippen LogP contribution is -1.93. The molecule has 0 amide bonds. The maximum Gasteiger partial charge on any atom is 0.258 e. The van der Waals surface area contributed by atoms with Gasteiger partial charge in [0.1, 0.15) is 5.70 Å². The summed E-state index contributed by atoms with van der Waals surface area (Å²) in [6.45, 7) is 3.66. The first-order chi connectivity index (χ1) is 10.7. The second-order valence-electron chi connectivity index (χ2n) is 4.49. The van der Waals surface area contributed by atoms with Crippen molar-refractivity contribution in [3.63, 3.8) is 0 Å². The largest absolute Gasteiger partial charge is 0.396 e. The average Bonchev–Trinajstić information content (AvgIpc) is 3.02. The number of aliphatic hydroxyl groups excluding tert-OH is 1. The van der Waals surface area contributed by atoms with Crippen molar-refractivity contribution in [1.82, 2.24) is 10.1 Å². The molecule has 1 heterocycles. The fourth-order valence-electron chi connectivity index (χ4n) is 2.00. The molecule has 0 aliphatic rings. The molecule has 1 aromatic heterocycles. The summed E-state index contributed by atoms with van der Waals surface area (Å²) in [5.41, 5.74) is 2.59. The predicted molar refractivity (Wildman–Crippen MR) is 83.1 cm³/mol. The van der Waals surface area contributed by atoms with Gasteiger partial charge in [0.2, 0.25) is 5.82 Å². The Bertz CT molecular complexity index is 754. The summed E-state index contributed by atoms with van der Waals surface area (Å²) in [7, 11) is 0. The molecule has 2 rings (SSSR count). The molecule has 0 aliphatic heterocycles. The number of benzene rings is 1. The van der Waals surface area contributed by atoms with E-state index < -0.39 is 0 Å². The molecular formula is C16H16N4O2. The number of nitriles is 1. The zero-order valence-corrected chi connectivity index (χ0v) is 12.4. The number of aliphatic hydroxyl groups is 1. The summed E-state index contributed by atoms with van der Waals surface area (Å²) in [4.78, 5) is 8.48. The van der Waals surface area contributed by atoms with Crippen LogP contribution in [0.4, 0.5) is 0 Å². The second-order valence-corrected chi connectivity index (χ2v) is 4.49. The standard InChI is InChI=1S/C16H16N4O2/c1-3-14(18-4-2)15-19-16(22-20-15)13-8-11(5-6-21)7-12(9-13)10-17/h3-4,7-9,21H,5-6H2,1-2H3/b14-3-,18-4?. The SMILES string of the molecule is CC=N/C(=C\C)c1noc(-c2cc(C#N)cc(CCO)c2)n1. The van der Waals surface area contributed by atoms with Crippen LogP contribution in [0.1, 0.15) is 30.8 Å². The third-order valence-corrected chi connectivity index (χ3v) is 2.97. The van der Waals surface area contributed by atoms with Crippen LogP contribution in [0, 0.1) is 11.3 Å². The van der Waals surface area contributed by atoms with Gasteiger partial charge in [0.15, 0.2) is 0 Å². The molecule has 6 heteroatoms. The number of hydrogen-bond acceptors (Lipinski definition) is 6. The third-order valence-electron chi connectivity index (χ3n) is 2.97. The molecule has 0 saturated carbocycles. The van der Waals surface area contributed by atoms with E-state index in [4.69, 9.17) is 14.9 Å². The molecule has 112 valence electrons. The monoisotopic (exact) mass is 296 g/mol. The molecule has 0 fully saturated rings. The summed E-state index contributed by atoms with van der Waals surface area (Å²) < 4.78 is 5.26. The number of hydrogen-bond donors (Lipinski definition) is 1. The van der Waals surface area contributed by atoms with Crippen LogP contribution in [0.15, 0.2) is 33.8 Å². The minimum absolute atomic E-state index is 0.0113. The Morgan fingerprint density at radius 2 is 2.23 bits per heavy atom. The van der Waals surface area contributed by atoms with Crippen LogP contribution in [-0.4, -0.2) is 28.1 Å². The van der Waals surface area contributed by atoms with E-state index in [1.165, 1.54) is 0 Å². The van der Waals surface area contributed by atoms with Gasteiger partial charge < -0.3 is 9.63 Å². The van der Waals surface area contributed by atoms with Crippen molar-refractivity contribution in [3.8, 4) is 17.5 Å². The lowest BCUT2D eigenvalue weighted by molar-refractivity contribution is 0.299. The smallest absolute Gasteiger partial charge is 0.258 e. The van der Waals surface area contributed by atoms with Crippen LogP contribution in [0.5, 0.6) is 0 Å². The maximum absolute atomic E-state index is 9.10. The van der Waals surface area contributed by atoms with Gasteiger partial charge in [0, 0.05) is 18.4 Å². The van der Waals surface area contributed by atoms with Crippen LogP contribution in [0.25, 0.3) is 17.2 Å². The van der Waals surface area contributed by atoms with E-state index in [0.29, 0.717) is 35.0 Å². The van der Waals surface area contributed by atoms with Crippen LogP contribution < -0.4 is 0 Å². The van der Waals surface area contributed by atoms with E-state index in [0.717, 1.165) is 5.56 Å². The fraction of sp³-hybridized carbons (Fsp3) is 0.250. The Kier molecular flexibility index (Phi) is 5.17. The average molecular weight is 296 g/mol. The van der Waals surface area contributed by atoms with Gasteiger partial charge >= 0.3 is 0 Å². The van der Waals surface area contributed by atoms with Gasteiger partial charge in [-0.3, -0.25) is 4.99 Å². The van der Waals surface area contributed by atoms with Crippen molar-refractivity contribution in [2.75, 3.05) is 6.61 Å². The van der Waals surface area contributed by atoms with Crippen molar-refractivity contribution in [1.29, 1.82) is 5.26 Å². The van der Waals surface area contributed by atoms with Crippen molar-refractivity contribution in [3.05, 3.63) is 41.2 Å². The van der Waals surface area contributed by atoms with E-state index in [9.17, 15) is 0 Å². The first-order valence-corrected chi connectivity index (χ1v) is 6.86. The normalized spacial score (nSPS) is 11.8. The predicted octanol–water partition coefficient (Wildman–Crippen LogP) is 2.59. The number of aromatic nitrogens is 2. The van der Waals surface area contributed by atoms with Crippen molar-refractivity contribution in [2.24, 2.45) is 4.99 Å². The zero-order valence-electron chi connectivity index (χ0n) is 12.4. The number of allylic oxidation sites excluding steroid dienone is 1. The second kappa shape index (κ2) is 7.29. The Morgan fingerprint density at radius 1 is 1.41 bits per heavy atom. The van der Waals surface area contributed by atoms with Gasteiger partial charge in [-0.25, -0.2) is 0 Å². The number of rotatable bonds is 5. The summed E-state index contributed by atoms with van der Waals surface area (Å²) >= 11 is 0. The molecule has 0 radical (unpaired) electrons. The van der Waals surface area contributed by atoms with E-state index >= 15 is 0 Å². The lowest BCUT2D eigenvalue weighted by Gasteiger charge is -2.02. The van der Waals surface area contributed by atoms with Gasteiger partial charge in [-0.1, -0.05) is 11.2 Å². The molecule has 0 saturated heterocycles. The van der Waals surface area contributed by atoms with Gasteiger partial charge in [-0.05, 0) is 44.0 Å². The molecule has 1 aromatic carbocycles. The Balaban J connectivity index is 2.42. The third kappa shape index (κ3) is 3.45. The first-order valence-electron chi connectivity index (χ1n) is 6.86. The topological polar surface area (TPSA) is 95.3 Å². The zero-order chi connectivity index (χ0) is 15.9. The quantitative estimate of drug-likeness (QED) is 0.855. The van der Waals surface area contributed by atoms with Gasteiger partial charge in [0.25, 0.3) is 5.89 Å². The molecule has 1 N–H and O–H groups in total. The summed E-state index contributed by atoms with van der Waals surface area (Å²) in [6, 6.07) is 7.33. The highest BCUT2D eigenvalue weighted by molar-refractivity contribution is 5.70. The van der Waals surface area contributed by atoms with E-state index in [1.54, 1.807) is 24.4 Å². The van der Waals surface area contributed by atoms with Crippen LogP contribution >= 0.6 is 0 Å². The highest BCUT2D eigenvalue weighted by Gasteiger charge is 2.13. The first kappa shape index (κ1) is 15.6. The van der Waals surface area contributed by atoms with Crippen molar-refractivity contribution >= 4 is 11.9 Å². The van der Waals surface area contributed by atoms with Crippen molar-refractivity contribution < 1.29 is 9.63 Å². The summed E-state index contributed by atoms with van der Waals surface area (Å²) in [5.74, 6) is 0.707. The highest BCUT2D eigenvalue weighted by Crippen LogP contribution is 2.23. The Morgan fingerprint density at radius 3 is 2.86 bits per heavy atom. The van der Waals surface area contributed by atoms with E-state index in [-0.39, 0.29) is 6.61 Å². The molecule has 0 unspecified atom stereocenters. The van der Waals surface area contributed by atoms with E-state index in [2.05, 4.69) is 21.2 Å². The van der Waals surface area contributed by atoms with Crippen LogP contribution in [0.2, 0.25) is 0 Å². The molecular weight excluding hydrogens is 280 g/mol. The highest BCUT2D eigenvalue weighted by atomic mass is 16.5. The molecule has 0 spiro atoms. The number of nitrogens with zero attached hydrogens (tertiary/aromatic N) is 4.